The third-order valence-corrected chi connectivity index (χ3v) is 3.63. The van der Waals surface area contributed by atoms with Gasteiger partial charge in [0.2, 0.25) is 0 Å². The number of alkyl halides is 1. The van der Waals surface area contributed by atoms with Crippen LogP contribution in [0.1, 0.15) is 39.7 Å². The highest BCUT2D eigenvalue weighted by molar-refractivity contribution is 6.19. The van der Waals surface area contributed by atoms with Gasteiger partial charge in [-0.15, -0.1) is 11.6 Å². The molecule has 1 aromatic rings. The Kier molecular flexibility index (Phi) is 4.51. The average molecular weight is 311 g/mol. The molecule has 1 atom stereocenters. The lowest BCUT2D eigenvalue weighted by molar-refractivity contribution is -0.0846. The molecule has 1 aromatic carbocycles. The zero-order valence-electron chi connectivity index (χ0n) is 12.8. The van der Waals surface area contributed by atoms with Crippen molar-refractivity contribution in [3.8, 4) is 17.6 Å². The van der Waals surface area contributed by atoms with E-state index < -0.39 is 5.60 Å². The average Bonchev–Trinajstić information content (AvgIpc) is 2.57. The quantitative estimate of drug-likeness (QED) is 0.604. The van der Waals surface area contributed by atoms with E-state index in [2.05, 4.69) is 11.8 Å². The van der Waals surface area contributed by atoms with Gasteiger partial charge in [0, 0.05) is 6.42 Å². The molecule has 0 N–H and O–H groups in total. The van der Waals surface area contributed by atoms with Crippen LogP contribution in [-0.4, -0.2) is 23.2 Å². The van der Waals surface area contributed by atoms with E-state index in [1.807, 2.05) is 27.7 Å². The van der Waals surface area contributed by atoms with Gasteiger partial charge in [0.05, 0.1) is 17.0 Å². The second-order valence-corrected chi connectivity index (χ2v) is 6.62. The topological polar surface area (TPSA) is 18.5 Å². The Labute approximate surface area is 130 Å². The highest BCUT2D eigenvalue weighted by Crippen LogP contribution is 2.40. The van der Waals surface area contributed by atoms with Crippen LogP contribution in [0.5, 0.6) is 5.75 Å². The molecule has 0 aliphatic carbocycles. The molecular formula is C17H20ClFO2. The van der Waals surface area contributed by atoms with Crippen molar-refractivity contribution >= 4 is 11.6 Å². The maximum Gasteiger partial charge on any atom is 0.135 e. The van der Waals surface area contributed by atoms with Crippen LogP contribution in [0, 0.1) is 17.7 Å². The van der Waals surface area contributed by atoms with E-state index in [0.29, 0.717) is 11.3 Å². The molecule has 2 rings (SSSR count). The molecule has 4 heteroatoms. The van der Waals surface area contributed by atoms with Crippen LogP contribution in [0.4, 0.5) is 4.39 Å². The molecule has 0 radical (unpaired) electrons. The summed E-state index contributed by atoms with van der Waals surface area (Å²) in [6, 6.07) is 4.34. The number of hydrogen-bond donors (Lipinski definition) is 0. The minimum atomic E-state index is -0.408. The molecule has 1 heterocycles. The van der Waals surface area contributed by atoms with E-state index in [9.17, 15) is 4.39 Å². The highest BCUT2D eigenvalue weighted by Gasteiger charge is 2.47. The Morgan fingerprint density at radius 1 is 1.38 bits per heavy atom. The van der Waals surface area contributed by atoms with Crippen LogP contribution < -0.4 is 4.74 Å². The molecule has 0 amide bonds. The molecule has 0 aromatic heterocycles. The number of ether oxygens (including phenoxy) is 2. The van der Waals surface area contributed by atoms with Crippen molar-refractivity contribution in [2.45, 2.75) is 51.4 Å². The molecule has 21 heavy (non-hydrogen) atoms. The van der Waals surface area contributed by atoms with E-state index in [-0.39, 0.29) is 23.4 Å². The normalized spacial score (nSPS) is 22.5. The molecule has 1 saturated heterocycles. The first-order valence-electron chi connectivity index (χ1n) is 6.95. The molecule has 0 spiro atoms. The largest absolute Gasteiger partial charge is 0.486 e. The summed E-state index contributed by atoms with van der Waals surface area (Å²) >= 11 is 5.57. The molecular weight excluding hydrogens is 291 g/mol. The fourth-order valence-corrected chi connectivity index (χ4v) is 2.75. The summed E-state index contributed by atoms with van der Waals surface area (Å²) < 4.78 is 25.5. The monoisotopic (exact) mass is 310 g/mol. The smallest absolute Gasteiger partial charge is 0.135 e. The second kappa shape index (κ2) is 5.87. The van der Waals surface area contributed by atoms with Gasteiger partial charge in [-0.25, -0.2) is 4.39 Å². The summed E-state index contributed by atoms with van der Waals surface area (Å²) in [5.41, 5.74) is -0.137. The first kappa shape index (κ1) is 16.1. The molecule has 0 bridgehead atoms. The van der Waals surface area contributed by atoms with Gasteiger partial charge in [-0.1, -0.05) is 11.8 Å². The van der Waals surface area contributed by atoms with Gasteiger partial charge in [0.1, 0.15) is 23.3 Å². The van der Waals surface area contributed by atoms with Crippen LogP contribution in [0.2, 0.25) is 0 Å². The van der Waals surface area contributed by atoms with Crippen molar-refractivity contribution in [3.63, 3.8) is 0 Å². The fourth-order valence-electron chi connectivity index (χ4n) is 2.68. The number of halogens is 2. The summed E-state index contributed by atoms with van der Waals surface area (Å²) in [5.74, 6) is 5.98. The Morgan fingerprint density at radius 3 is 2.67 bits per heavy atom. The van der Waals surface area contributed by atoms with E-state index in [1.165, 1.54) is 12.1 Å². The maximum atomic E-state index is 13.4. The van der Waals surface area contributed by atoms with Crippen molar-refractivity contribution in [2.24, 2.45) is 0 Å². The van der Waals surface area contributed by atoms with E-state index >= 15 is 0 Å². The van der Waals surface area contributed by atoms with Crippen LogP contribution in [-0.2, 0) is 4.74 Å². The third kappa shape index (κ3) is 3.90. The van der Waals surface area contributed by atoms with Gasteiger partial charge in [-0.05, 0) is 45.9 Å². The molecule has 1 aliphatic rings. The third-order valence-electron chi connectivity index (χ3n) is 3.49. The minimum absolute atomic E-state index is 0.116. The van der Waals surface area contributed by atoms with E-state index in [0.717, 1.165) is 6.42 Å². The Morgan fingerprint density at radius 2 is 2.10 bits per heavy atom. The number of hydrogen-bond acceptors (Lipinski definition) is 2. The number of benzene rings is 1. The predicted molar refractivity (Wildman–Crippen MR) is 82.3 cm³/mol. The lowest BCUT2D eigenvalue weighted by Crippen LogP contribution is -2.36. The summed E-state index contributed by atoms with van der Waals surface area (Å²) in [4.78, 5) is 0. The van der Waals surface area contributed by atoms with Crippen molar-refractivity contribution in [2.75, 3.05) is 5.88 Å². The van der Waals surface area contributed by atoms with Crippen molar-refractivity contribution in [1.29, 1.82) is 0 Å². The number of rotatable bonds is 2. The van der Waals surface area contributed by atoms with Crippen molar-refractivity contribution in [3.05, 3.63) is 29.6 Å². The maximum absolute atomic E-state index is 13.4. The molecule has 1 fully saturated rings. The summed E-state index contributed by atoms with van der Waals surface area (Å²) in [7, 11) is 0. The van der Waals surface area contributed by atoms with Gasteiger partial charge in [0.15, 0.2) is 0 Å². The molecule has 2 nitrogen and oxygen atoms in total. The predicted octanol–water partition coefficient (Wildman–Crippen LogP) is 4.14. The van der Waals surface area contributed by atoms with Gasteiger partial charge in [-0.2, -0.15) is 0 Å². The van der Waals surface area contributed by atoms with Crippen LogP contribution >= 0.6 is 11.6 Å². The SMILES string of the molecule is CC1(C)CC(Oc2ccc(F)cc2C#CCCl)C(C)(C)O1. The molecule has 1 unspecified atom stereocenters. The fraction of sp³-hybridized carbons (Fsp3) is 0.529. The first-order valence-corrected chi connectivity index (χ1v) is 7.48. The van der Waals surface area contributed by atoms with Gasteiger partial charge in [-0.3, -0.25) is 0 Å². The molecule has 114 valence electrons. The zero-order chi connectivity index (χ0) is 15.7. The summed E-state index contributed by atoms with van der Waals surface area (Å²) in [6.45, 7) is 8.08. The van der Waals surface area contributed by atoms with Crippen molar-refractivity contribution < 1.29 is 13.9 Å². The van der Waals surface area contributed by atoms with Crippen LogP contribution in [0.3, 0.4) is 0 Å². The van der Waals surface area contributed by atoms with Gasteiger partial charge >= 0.3 is 0 Å². The lowest BCUT2D eigenvalue weighted by Gasteiger charge is -2.27. The van der Waals surface area contributed by atoms with Gasteiger partial charge < -0.3 is 9.47 Å². The lowest BCUT2D eigenvalue weighted by atomic mass is 9.97. The summed E-state index contributed by atoms with van der Waals surface area (Å²) in [5, 5.41) is 0. The standard InChI is InChI=1S/C17H20ClFO2/c1-16(2)11-15(17(3,4)21-16)20-14-8-7-13(19)10-12(14)6-5-9-18/h7-8,10,15H,9,11H2,1-4H3. The molecule has 1 aliphatic heterocycles. The second-order valence-electron chi connectivity index (χ2n) is 6.35. The first-order chi connectivity index (χ1) is 9.73. The van der Waals surface area contributed by atoms with E-state index in [1.54, 1.807) is 6.07 Å². The van der Waals surface area contributed by atoms with E-state index in [4.69, 9.17) is 21.1 Å². The summed E-state index contributed by atoms with van der Waals surface area (Å²) in [6.07, 6.45) is 0.647. The van der Waals surface area contributed by atoms with Crippen LogP contribution in [0.15, 0.2) is 18.2 Å². The minimum Gasteiger partial charge on any atom is -0.486 e. The zero-order valence-corrected chi connectivity index (χ0v) is 13.6. The van der Waals surface area contributed by atoms with Crippen LogP contribution in [0.25, 0.3) is 0 Å². The Hall–Kier alpha value is -1.24. The highest BCUT2D eigenvalue weighted by atomic mass is 35.5. The Balaban J connectivity index is 2.27. The Bertz CT molecular complexity index is 584. The van der Waals surface area contributed by atoms with Gasteiger partial charge in [0.25, 0.3) is 0 Å². The molecule has 0 saturated carbocycles. The van der Waals surface area contributed by atoms with Crippen molar-refractivity contribution in [1.82, 2.24) is 0 Å².